The molecule has 102 valence electrons. The monoisotopic (exact) mass is 291 g/mol. The highest BCUT2D eigenvalue weighted by Crippen LogP contribution is 2.36. The molecule has 2 aromatic carbocycles. The van der Waals surface area contributed by atoms with Gasteiger partial charge in [0, 0.05) is 6.07 Å². The van der Waals surface area contributed by atoms with Crippen molar-refractivity contribution in [3.63, 3.8) is 0 Å². The topological polar surface area (TPSA) is 69.4 Å². The van der Waals surface area contributed by atoms with Gasteiger partial charge in [-0.3, -0.25) is 14.9 Å². The first-order chi connectivity index (χ1) is 9.54. The van der Waals surface area contributed by atoms with Crippen LogP contribution in [0.4, 0.5) is 5.69 Å². The number of nitro benzene ring substituents is 1. The Hall–Kier alpha value is -2.40. The van der Waals surface area contributed by atoms with Gasteiger partial charge in [0.05, 0.1) is 15.5 Å². The van der Waals surface area contributed by atoms with E-state index in [2.05, 4.69) is 0 Å². The molecule has 0 aromatic heterocycles. The van der Waals surface area contributed by atoms with Crippen molar-refractivity contribution in [2.24, 2.45) is 0 Å². The van der Waals surface area contributed by atoms with E-state index in [1.54, 1.807) is 31.2 Å². The molecular weight excluding hydrogens is 282 g/mol. The number of ether oxygens (including phenoxy) is 1. The highest BCUT2D eigenvalue weighted by atomic mass is 35.5. The molecule has 2 aromatic rings. The first-order valence-electron chi connectivity index (χ1n) is 5.70. The van der Waals surface area contributed by atoms with Crippen LogP contribution in [-0.4, -0.2) is 11.2 Å². The third-order valence-electron chi connectivity index (χ3n) is 2.73. The zero-order valence-electron chi connectivity index (χ0n) is 10.5. The fourth-order valence-electron chi connectivity index (χ4n) is 1.74. The van der Waals surface area contributed by atoms with E-state index in [0.717, 1.165) is 0 Å². The quantitative estimate of drug-likeness (QED) is 0.482. The molecule has 0 heterocycles. The number of hydrogen-bond donors (Lipinski definition) is 0. The highest BCUT2D eigenvalue weighted by molar-refractivity contribution is 6.33. The number of carbonyl (C=O) groups is 1. The second kappa shape index (κ2) is 5.71. The van der Waals surface area contributed by atoms with Gasteiger partial charge in [-0.2, -0.15) is 0 Å². The van der Waals surface area contributed by atoms with Crippen LogP contribution < -0.4 is 4.74 Å². The molecule has 0 saturated carbocycles. The smallest absolute Gasteiger partial charge is 0.311 e. The van der Waals surface area contributed by atoms with Gasteiger partial charge in [0.15, 0.2) is 6.29 Å². The van der Waals surface area contributed by atoms with Gasteiger partial charge in [-0.15, -0.1) is 0 Å². The Morgan fingerprint density at radius 2 is 1.95 bits per heavy atom. The van der Waals surface area contributed by atoms with Crippen molar-refractivity contribution in [1.82, 2.24) is 0 Å². The molecule has 0 amide bonds. The summed E-state index contributed by atoms with van der Waals surface area (Å²) in [4.78, 5) is 21.5. The number of para-hydroxylation sites is 1. The molecule has 0 atom stereocenters. The Labute approximate surface area is 119 Å². The molecule has 0 saturated heterocycles. The molecule has 6 heteroatoms. The molecule has 0 fully saturated rings. The van der Waals surface area contributed by atoms with Crippen molar-refractivity contribution in [2.75, 3.05) is 0 Å². The molecule has 0 N–H and O–H groups in total. The van der Waals surface area contributed by atoms with E-state index in [4.69, 9.17) is 16.3 Å². The lowest BCUT2D eigenvalue weighted by Gasteiger charge is -2.11. The molecule has 0 aliphatic heterocycles. The van der Waals surface area contributed by atoms with Gasteiger partial charge in [-0.05, 0) is 24.6 Å². The molecule has 0 aliphatic rings. The molecule has 0 bridgehead atoms. The number of hydrogen-bond acceptors (Lipinski definition) is 4. The minimum atomic E-state index is -0.534. The Balaban J connectivity index is 2.53. The number of halogens is 1. The lowest BCUT2D eigenvalue weighted by atomic mass is 10.2. The first kappa shape index (κ1) is 14.0. The lowest BCUT2D eigenvalue weighted by Crippen LogP contribution is -1.97. The van der Waals surface area contributed by atoms with Gasteiger partial charge >= 0.3 is 5.69 Å². The SMILES string of the molecule is Cc1cccc([N+](=O)[O-])c1Oc1cccc(Cl)c1C=O. The summed E-state index contributed by atoms with van der Waals surface area (Å²) in [5.41, 5.74) is 0.588. The van der Waals surface area contributed by atoms with Crippen LogP contribution in [-0.2, 0) is 0 Å². The molecule has 0 aliphatic carbocycles. The minimum absolute atomic E-state index is 0.0999. The highest BCUT2D eigenvalue weighted by Gasteiger charge is 2.19. The second-order valence-corrected chi connectivity index (χ2v) is 4.46. The van der Waals surface area contributed by atoms with Crippen LogP contribution in [0.15, 0.2) is 36.4 Å². The third-order valence-corrected chi connectivity index (χ3v) is 3.06. The van der Waals surface area contributed by atoms with E-state index in [0.29, 0.717) is 11.8 Å². The number of rotatable bonds is 4. The Kier molecular flexibility index (Phi) is 4.00. The van der Waals surface area contributed by atoms with Crippen LogP contribution >= 0.6 is 11.6 Å². The summed E-state index contributed by atoms with van der Waals surface area (Å²) in [6.45, 7) is 1.69. The Morgan fingerprint density at radius 1 is 1.25 bits per heavy atom. The van der Waals surface area contributed by atoms with Crippen LogP contribution in [0.3, 0.4) is 0 Å². The van der Waals surface area contributed by atoms with E-state index < -0.39 is 4.92 Å². The number of carbonyl (C=O) groups excluding carboxylic acids is 1. The lowest BCUT2D eigenvalue weighted by molar-refractivity contribution is -0.385. The van der Waals surface area contributed by atoms with Crippen molar-refractivity contribution >= 4 is 23.6 Å². The van der Waals surface area contributed by atoms with Gasteiger partial charge in [0.25, 0.3) is 0 Å². The van der Waals surface area contributed by atoms with Gasteiger partial charge in [0.1, 0.15) is 5.75 Å². The zero-order valence-corrected chi connectivity index (χ0v) is 11.3. The van der Waals surface area contributed by atoms with Crippen molar-refractivity contribution in [1.29, 1.82) is 0 Å². The summed E-state index contributed by atoms with van der Waals surface area (Å²) in [5.74, 6) is 0.285. The van der Waals surface area contributed by atoms with Crippen molar-refractivity contribution < 1.29 is 14.5 Å². The predicted molar refractivity (Wildman–Crippen MR) is 74.7 cm³/mol. The summed E-state index contributed by atoms with van der Waals surface area (Å²) in [5, 5.41) is 11.2. The summed E-state index contributed by atoms with van der Waals surface area (Å²) in [7, 11) is 0. The minimum Gasteiger partial charge on any atom is -0.449 e. The maximum atomic E-state index is 11.0. The van der Waals surface area contributed by atoms with Gasteiger partial charge < -0.3 is 4.74 Å². The van der Waals surface area contributed by atoms with Crippen molar-refractivity contribution in [2.45, 2.75) is 6.92 Å². The van der Waals surface area contributed by atoms with Crippen molar-refractivity contribution in [3.8, 4) is 11.5 Å². The fourth-order valence-corrected chi connectivity index (χ4v) is 1.95. The van der Waals surface area contributed by atoms with Gasteiger partial charge in [-0.25, -0.2) is 0 Å². The molecule has 2 rings (SSSR count). The number of nitro groups is 1. The van der Waals surface area contributed by atoms with Gasteiger partial charge in [-0.1, -0.05) is 29.8 Å². The fraction of sp³-hybridized carbons (Fsp3) is 0.0714. The van der Waals surface area contributed by atoms with E-state index in [1.165, 1.54) is 12.1 Å². The molecular formula is C14H10ClNO4. The average Bonchev–Trinajstić information content (AvgIpc) is 2.41. The van der Waals surface area contributed by atoms with Crippen LogP contribution in [0.25, 0.3) is 0 Å². The number of aldehydes is 1. The van der Waals surface area contributed by atoms with Crippen LogP contribution in [0.2, 0.25) is 5.02 Å². The molecule has 5 nitrogen and oxygen atoms in total. The Bertz CT molecular complexity index is 685. The van der Waals surface area contributed by atoms with Crippen LogP contribution in [0, 0.1) is 17.0 Å². The molecule has 0 unspecified atom stereocenters. The predicted octanol–water partition coefficient (Wildman–Crippen LogP) is 4.16. The molecule has 0 spiro atoms. The maximum Gasteiger partial charge on any atom is 0.311 e. The Morgan fingerprint density at radius 3 is 2.60 bits per heavy atom. The molecule has 20 heavy (non-hydrogen) atoms. The standard InChI is InChI=1S/C14H10ClNO4/c1-9-4-2-6-12(16(18)19)14(9)20-13-7-3-5-11(15)10(13)8-17/h2-8H,1H3. The van der Waals surface area contributed by atoms with Gasteiger partial charge in [0.2, 0.25) is 5.75 Å². The maximum absolute atomic E-state index is 11.0. The average molecular weight is 292 g/mol. The number of aryl methyl sites for hydroxylation is 1. The zero-order chi connectivity index (χ0) is 14.7. The van der Waals surface area contributed by atoms with E-state index in [1.807, 2.05) is 0 Å². The largest absolute Gasteiger partial charge is 0.449 e. The summed E-state index contributed by atoms with van der Waals surface area (Å²) < 4.78 is 5.55. The third kappa shape index (κ3) is 2.62. The summed E-state index contributed by atoms with van der Waals surface area (Å²) in [6, 6.07) is 9.28. The number of benzene rings is 2. The summed E-state index contributed by atoms with van der Waals surface area (Å²) >= 11 is 5.89. The molecule has 0 radical (unpaired) electrons. The van der Waals surface area contributed by atoms with Crippen LogP contribution in [0.1, 0.15) is 15.9 Å². The van der Waals surface area contributed by atoms with E-state index in [-0.39, 0.29) is 27.8 Å². The first-order valence-corrected chi connectivity index (χ1v) is 6.08. The van der Waals surface area contributed by atoms with Crippen molar-refractivity contribution in [3.05, 3.63) is 62.7 Å². The normalized spacial score (nSPS) is 10.1. The summed E-state index contributed by atoms with van der Waals surface area (Å²) in [6.07, 6.45) is 0.557. The van der Waals surface area contributed by atoms with E-state index in [9.17, 15) is 14.9 Å². The van der Waals surface area contributed by atoms with E-state index >= 15 is 0 Å². The second-order valence-electron chi connectivity index (χ2n) is 4.05. The van der Waals surface area contributed by atoms with Crippen LogP contribution in [0.5, 0.6) is 11.5 Å². The number of nitrogens with zero attached hydrogens (tertiary/aromatic N) is 1.